The van der Waals surface area contributed by atoms with E-state index in [2.05, 4.69) is 40.5 Å². The molecule has 5 heteroatoms. The second kappa shape index (κ2) is 8.36. The van der Waals surface area contributed by atoms with Crippen molar-refractivity contribution in [3.8, 4) is 17.2 Å². The maximum atomic E-state index is 5.35. The first kappa shape index (κ1) is 18.5. The highest BCUT2D eigenvalue weighted by Crippen LogP contribution is 2.37. The van der Waals surface area contributed by atoms with E-state index in [9.17, 15) is 0 Å². The van der Waals surface area contributed by atoms with Crippen LogP contribution in [0.25, 0.3) is 10.8 Å². The molecule has 0 aliphatic rings. The van der Waals surface area contributed by atoms with Gasteiger partial charge in [-0.05, 0) is 41.5 Å². The van der Waals surface area contributed by atoms with E-state index >= 15 is 0 Å². The summed E-state index contributed by atoms with van der Waals surface area (Å²) in [4.78, 5) is 0. The van der Waals surface area contributed by atoms with Gasteiger partial charge in [-0.15, -0.1) is 0 Å². The highest BCUT2D eigenvalue weighted by Gasteiger charge is 2.12. The van der Waals surface area contributed by atoms with Crippen molar-refractivity contribution in [1.29, 1.82) is 0 Å². The minimum absolute atomic E-state index is 0.549. The zero-order chi connectivity index (χ0) is 19.2. The molecule has 0 amide bonds. The molecular formula is C22H22N2O3. The third kappa shape index (κ3) is 4.08. The predicted octanol–water partition coefficient (Wildman–Crippen LogP) is 4.71. The van der Waals surface area contributed by atoms with E-state index in [1.165, 1.54) is 10.8 Å². The van der Waals surface area contributed by atoms with Crippen molar-refractivity contribution in [2.75, 3.05) is 21.3 Å². The third-order valence-electron chi connectivity index (χ3n) is 4.27. The van der Waals surface area contributed by atoms with Crippen molar-refractivity contribution in [2.24, 2.45) is 10.2 Å². The quantitative estimate of drug-likeness (QED) is 0.471. The Kier molecular flexibility index (Phi) is 5.71. The van der Waals surface area contributed by atoms with Crippen LogP contribution in [0.2, 0.25) is 0 Å². The first-order chi connectivity index (χ1) is 13.2. The Bertz CT molecular complexity index is 984. The van der Waals surface area contributed by atoms with Gasteiger partial charge in [0.2, 0.25) is 5.75 Å². The molecule has 0 saturated heterocycles. The zero-order valence-electron chi connectivity index (χ0n) is 15.9. The molecule has 138 valence electrons. The zero-order valence-corrected chi connectivity index (χ0v) is 15.9. The van der Waals surface area contributed by atoms with Crippen LogP contribution in [0, 0.1) is 0 Å². The molecule has 0 spiro atoms. The molecule has 3 rings (SSSR count). The van der Waals surface area contributed by atoms with Crippen molar-refractivity contribution in [3.63, 3.8) is 0 Å². The minimum Gasteiger partial charge on any atom is -0.493 e. The Morgan fingerprint density at radius 3 is 2.11 bits per heavy atom. The van der Waals surface area contributed by atoms with Crippen LogP contribution in [0.1, 0.15) is 18.1 Å². The molecule has 0 aliphatic heterocycles. The van der Waals surface area contributed by atoms with Gasteiger partial charge in [0.05, 0.1) is 33.3 Å². The van der Waals surface area contributed by atoms with Gasteiger partial charge < -0.3 is 14.2 Å². The van der Waals surface area contributed by atoms with Crippen LogP contribution < -0.4 is 14.2 Å². The third-order valence-corrected chi connectivity index (χ3v) is 4.27. The molecule has 0 unspecified atom stereocenters. The standard InChI is InChI=1S/C22H22N2O3/c1-15(18-10-9-17-7-5-6-8-19(17)13-18)24-23-14-16-11-20(25-2)22(27-4)21(12-16)26-3/h5-14H,1-4H3/b23-14+,24-15-. The molecule has 0 N–H and O–H groups in total. The van der Waals surface area contributed by atoms with Gasteiger partial charge in [0.1, 0.15) is 0 Å². The van der Waals surface area contributed by atoms with Crippen molar-refractivity contribution in [1.82, 2.24) is 0 Å². The van der Waals surface area contributed by atoms with Crippen molar-refractivity contribution >= 4 is 22.7 Å². The summed E-state index contributed by atoms with van der Waals surface area (Å²) in [6.45, 7) is 1.94. The van der Waals surface area contributed by atoms with Gasteiger partial charge in [-0.2, -0.15) is 10.2 Å². The summed E-state index contributed by atoms with van der Waals surface area (Å²) in [5.41, 5.74) is 2.68. The largest absolute Gasteiger partial charge is 0.493 e. The van der Waals surface area contributed by atoms with Crippen molar-refractivity contribution in [3.05, 3.63) is 65.7 Å². The fourth-order valence-electron chi connectivity index (χ4n) is 2.83. The van der Waals surface area contributed by atoms with Crippen LogP contribution in [-0.2, 0) is 0 Å². The summed E-state index contributed by atoms with van der Waals surface area (Å²) in [6.07, 6.45) is 1.66. The van der Waals surface area contributed by atoms with Crippen LogP contribution in [0.4, 0.5) is 0 Å². The number of nitrogens with zero attached hydrogens (tertiary/aromatic N) is 2. The van der Waals surface area contributed by atoms with Crippen LogP contribution in [0.15, 0.2) is 64.8 Å². The predicted molar refractivity (Wildman–Crippen MR) is 110 cm³/mol. The van der Waals surface area contributed by atoms with Gasteiger partial charge in [0.15, 0.2) is 11.5 Å². The Morgan fingerprint density at radius 1 is 0.815 bits per heavy atom. The first-order valence-corrected chi connectivity index (χ1v) is 8.53. The van der Waals surface area contributed by atoms with E-state index in [0.29, 0.717) is 17.2 Å². The lowest BCUT2D eigenvalue weighted by Crippen LogP contribution is -1.97. The fraction of sp³-hybridized carbons (Fsp3) is 0.182. The molecule has 0 atom stereocenters. The van der Waals surface area contributed by atoms with E-state index in [-0.39, 0.29) is 0 Å². The Hall–Kier alpha value is -3.34. The number of hydrogen-bond acceptors (Lipinski definition) is 5. The molecular weight excluding hydrogens is 340 g/mol. The average molecular weight is 362 g/mol. The summed E-state index contributed by atoms with van der Waals surface area (Å²) in [6, 6.07) is 18.1. The van der Waals surface area contributed by atoms with Gasteiger partial charge in [0.25, 0.3) is 0 Å². The Morgan fingerprint density at radius 2 is 1.48 bits per heavy atom. The van der Waals surface area contributed by atoms with E-state index < -0.39 is 0 Å². The molecule has 0 saturated carbocycles. The SMILES string of the molecule is COc1cc(/C=N/N=C(/C)c2ccc3ccccc3c2)cc(OC)c1OC. The Balaban J connectivity index is 1.86. The molecule has 0 fully saturated rings. The minimum atomic E-state index is 0.549. The number of methoxy groups -OCH3 is 3. The van der Waals surface area contributed by atoms with Gasteiger partial charge in [0, 0.05) is 5.56 Å². The van der Waals surface area contributed by atoms with E-state index in [1.54, 1.807) is 27.5 Å². The van der Waals surface area contributed by atoms with E-state index in [1.807, 2.05) is 31.2 Å². The highest BCUT2D eigenvalue weighted by molar-refractivity contribution is 6.02. The van der Waals surface area contributed by atoms with E-state index in [0.717, 1.165) is 16.8 Å². The van der Waals surface area contributed by atoms with E-state index in [4.69, 9.17) is 14.2 Å². The summed E-state index contributed by atoms with van der Waals surface area (Å²) < 4.78 is 16.0. The van der Waals surface area contributed by atoms with Gasteiger partial charge >= 0.3 is 0 Å². The number of benzene rings is 3. The normalized spacial score (nSPS) is 11.8. The molecule has 3 aromatic carbocycles. The lowest BCUT2D eigenvalue weighted by atomic mass is 10.0. The summed E-state index contributed by atoms with van der Waals surface area (Å²) in [5, 5.41) is 10.9. The second-order valence-corrected chi connectivity index (χ2v) is 5.95. The average Bonchev–Trinajstić information content (AvgIpc) is 2.72. The number of hydrogen-bond donors (Lipinski definition) is 0. The van der Waals surface area contributed by atoms with Gasteiger partial charge in [-0.1, -0.05) is 36.4 Å². The molecule has 3 aromatic rings. The molecule has 27 heavy (non-hydrogen) atoms. The molecule has 0 bridgehead atoms. The summed E-state index contributed by atoms with van der Waals surface area (Å²) in [5.74, 6) is 1.70. The van der Waals surface area contributed by atoms with Crippen LogP contribution in [0.3, 0.4) is 0 Å². The topological polar surface area (TPSA) is 52.4 Å². The molecule has 5 nitrogen and oxygen atoms in total. The van der Waals surface area contributed by atoms with Gasteiger partial charge in [-0.3, -0.25) is 0 Å². The number of ether oxygens (including phenoxy) is 3. The lowest BCUT2D eigenvalue weighted by Gasteiger charge is -2.12. The number of rotatable bonds is 6. The fourth-order valence-corrected chi connectivity index (χ4v) is 2.83. The lowest BCUT2D eigenvalue weighted by molar-refractivity contribution is 0.324. The molecule has 0 aliphatic carbocycles. The molecule has 0 heterocycles. The Labute approximate surface area is 158 Å². The van der Waals surface area contributed by atoms with Crippen LogP contribution in [-0.4, -0.2) is 33.3 Å². The summed E-state index contributed by atoms with van der Waals surface area (Å²) >= 11 is 0. The first-order valence-electron chi connectivity index (χ1n) is 8.53. The highest BCUT2D eigenvalue weighted by atomic mass is 16.5. The molecule has 0 radical (unpaired) electrons. The van der Waals surface area contributed by atoms with Crippen molar-refractivity contribution < 1.29 is 14.2 Å². The smallest absolute Gasteiger partial charge is 0.203 e. The number of fused-ring (bicyclic) bond motifs is 1. The van der Waals surface area contributed by atoms with Crippen molar-refractivity contribution in [2.45, 2.75) is 6.92 Å². The maximum absolute atomic E-state index is 5.35. The molecule has 0 aromatic heterocycles. The monoisotopic (exact) mass is 362 g/mol. The van der Waals surface area contributed by atoms with Gasteiger partial charge in [-0.25, -0.2) is 0 Å². The maximum Gasteiger partial charge on any atom is 0.203 e. The second-order valence-electron chi connectivity index (χ2n) is 5.95. The summed E-state index contributed by atoms with van der Waals surface area (Å²) in [7, 11) is 4.74. The van der Waals surface area contributed by atoms with Crippen LogP contribution in [0.5, 0.6) is 17.2 Å². The van der Waals surface area contributed by atoms with Crippen LogP contribution >= 0.6 is 0 Å².